The average Bonchev–Trinajstić information content (AvgIpc) is 2.88. The fraction of sp³-hybridized carbons (Fsp3) is 0.636. The Hall–Kier alpha value is -1.43. The molecule has 1 rings (SSSR count). The van der Waals surface area contributed by atoms with Gasteiger partial charge in [0, 0.05) is 39.4 Å². The van der Waals surface area contributed by atoms with Crippen molar-refractivity contribution in [2.45, 2.75) is 24.8 Å². The van der Waals surface area contributed by atoms with Gasteiger partial charge in [-0.05, 0) is 6.92 Å². The molecule has 1 aromatic heterocycles. The zero-order chi connectivity index (χ0) is 14.3. The maximum absolute atomic E-state index is 12.4. The van der Waals surface area contributed by atoms with Crippen LogP contribution >= 0.6 is 0 Å². The molecule has 0 amide bonds. The highest BCUT2D eigenvalue weighted by molar-refractivity contribution is 7.89. The van der Waals surface area contributed by atoms with Gasteiger partial charge in [0.1, 0.15) is 4.90 Å². The third kappa shape index (κ3) is 4.02. The van der Waals surface area contributed by atoms with Gasteiger partial charge in [-0.15, -0.1) is 0 Å². The number of aryl methyl sites for hydroxylation is 1. The van der Waals surface area contributed by atoms with E-state index < -0.39 is 10.0 Å². The van der Waals surface area contributed by atoms with E-state index in [2.05, 4.69) is 5.10 Å². The molecule has 0 N–H and O–H groups in total. The first-order chi connectivity index (χ1) is 9.06. The van der Waals surface area contributed by atoms with E-state index in [0.717, 1.165) is 0 Å². The van der Waals surface area contributed by atoms with Crippen molar-refractivity contribution in [1.82, 2.24) is 14.1 Å². The van der Waals surface area contributed by atoms with Gasteiger partial charge in [0.05, 0.1) is 18.9 Å². The van der Waals surface area contributed by atoms with Crippen molar-refractivity contribution in [3.05, 3.63) is 12.4 Å². The minimum absolute atomic E-state index is 0.142. The standard InChI is InChI=1S/C11H18N4O3S/c1-3-14-10-11(9-13-14)19(16,17)15(6-4-5-12)7-8-18-2/h9-10H,3-4,6-8H2,1-2H3. The summed E-state index contributed by atoms with van der Waals surface area (Å²) in [6.07, 6.45) is 2.96. The highest BCUT2D eigenvalue weighted by Gasteiger charge is 2.25. The molecule has 0 saturated heterocycles. The second kappa shape index (κ2) is 7.23. The molecule has 0 unspecified atom stereocenters. The van der Waals surface area contributed by atoms with Crippen LogP contribution in [-0.4, -0.2) is 49.3 Å². The van der Waals surface area contributed by atoms with Gasteiger partial charge in [0.2, 0.25) is 10.0 Å². The number of hydrogen-bond acceptors (Lipinski definition) is 5. The summed E-state index contributed by atoms with van der Waals surface area (Å²) in [6.45, 7) is 3.14. The number of nitriles is 1. The molecule has 0 radical (unpaired) electrons. The fourth-order valence-electron chi connectivity index (χ4n) is 1.52. The summed E-state index contributed by atoms with van der Waals surface area (Å²) >= 11 is 0. The molecule has 0 fully saturated rings. The van der Waals surface area contributed by atoms with Crippen LogP contribution < -0.4 is 0 Å². The van der Waals surface area contributed by atoms with E-state index in [0.29, 0.717) is 6.54 Å². The van der Waals surface area contributed by atoms with Crippen molar-refractivity contribution in [1.29, 1.82) is 5.26 Å². The van der Waals surface area contributed by atoms with Crippen LogP contribution in [0.5, 0.6) is 0 Å². The van der Waals surface area contributed by atoms with Gasteiger partial charge >= 0.3 is 0 Å². The molecular formula is C11H18N4O3S. The molecular weight excluding hydrogens is 268 g/mol. The first kappa shape index (κ1) is 15.6. The third-order valence-corrected chi connectivity index (χ3v) is 4.44. The average molecular weight is 286 g/mol. The van der Waals surface area contributed by atoms with Crippen molar-refractivity contribution in [3.8, 4) is 6.07 Å². The smallest absolute Gasteiger partial charge is 0.246 e. The van der Waals surface area contributed by atoms with Crippen LogP contribution in [0.25, 0.3) is 0 Å². The van der Waals surface area contributed by atoms with E-state index in [-0.39, 0.29) is 31.0 Å². The van der Waals surface area contributed by atoms with Crippen LogP contribution in [0, 0.1) is 11.3 Å². The van der Waals surface area contributed by atoms with Gasteiger partial charge in [-0.1, -0.05) is 0 Å². The summed E-state index contributed by atoms with van der Waals surface area (Å²) in [6, 6.07) is 1.95. The summed E-state index contributed by atoms with van der Waals surface area (Å²) in [7, 11) is -2.11. The number of nitrogens with zero attached hydrogens (tertiary/aromatic N) is 4. The minimum Gasteiger partial charge on any atom is -0.383 e. The van der Waals surface area contributed by atoms with E-state index in [9.17, 15) is 8.42 Å². The van der Waals surface area contributed by atoms with E-state index in [1.165, 1.54) is 23.8 Å². The lowest BCUT2D eigenvalue weighted by atomic mass is 10.4. The van der Waals surface area contributed by atoms with Gasteiger partial charge in [-0.3, -0.25) is 4.68 Å². The number of ether oxygens (including phenoxy) is 1. The highest BCUT2D eigenvalue weighted by Crippen LogP contribution is 2.15. The molecule has 106 valence electrons. The van der Waals surface area contributed by atoms with Gasteiger partial charge in [0.25, 0.3) is 0 Å². The highest BCUT2D eigenvalue weighted by atomic mass is 32.2. The first-order valence-electron chi connectivity index (χ1n) is 5.94. The molecule has 0 spiro atoms. The number of sulfonamides is 1. The Kier molecular flexibility index (Phi) is 5.95. The van der Waals surface area contributed by atoms with Crippen molar-refractivity contribution in [2.24, 2.45) is 0 Å². The van der Waals surface area contributed by atoms with Gasteiger partial charge in [-0.2, -0.15) is 14.7 Å². The van der Waals surface area contributed by atoms with Crippen molar-refractivity contribution in [2.75, 3.05) is 26.8 Å². The van der Waals surface area contributed by atoms with Crippen molar-refractivity contribution >= 4 is 10.0 Å². The SMILES string of the molecule is CCn1cc(S(=O)(=O)N(CCC#N)CCOC)cn1. The third-order valence-electron chi connectivity index (χ3n) is 2.59. The number of hydrogen-bond donors (Lipinski definition) is 0. The molecule has 0 atom stereocenters. The maximum Gasteiger partial charge on any atom is 0.246 e. The largest absolute Gasteiger partial charge is 0.383 e. The summed E-state index contributed by atoms with van der Waals surface area (Å²) in [5, 5.41) is 12.6. The lowest BCUT2D eigenvalue weighted by Crippen LogP contribution is -2.34. The topological polar surface area (TPSA) is 88.2 Å². The van der Waals surface area contributed by atoms with Crippen LogP contribution in [0.3, 0.4) is 0 Å². The van der Waals surface area contributed by atoms with Gasteiger partial charge in [-0.25, -0.2) is 8.42 Å². The maximum atomic E-state index is 12.4. The molecule has 7 nitrogen and oxygen atoms in total. The van der Waals surface area contributed by atoms with E-state index in [1.807, 2.05) is 13.0 Å². The van der Waals surface area contributed by atoms with Crippen LogP contribution in [0.15, 0.2) is 17.3 Å². The second-order valence-corrected chi connectivity index (χ2v) is 5.77. The Labute approximate surface area is 113 Å². The Morgan fingerprint density at radius 1 is 1.53 bits per heavy atom. The number of aromatic nitrogens is 2. The molecule has 0 aromatic carbocycles. The Balaban J connectivity index is 2.94. The summed E-state index contributed by atoms with van der Waals surface area (Å²) in [5.74, 6) is 0. The minimum atomic E-state index is -3.62. The molecule has 0 aliphatic heterocycles. The summed E-state index contributed by atoms with van der Waals surface area (Å²) < 4.78 is 32.5. The molecule has 0 aliphatic rings. The van der Waals surface area contributed by atoms with Crippen molar-refractivity contribution < 1.29 is 13.2 Å². The normalized spacial score (nSPS) is 11.7. The predicted octanol–water partition coefficient (Wildman–Crippen LogP) is 0.454. The molecule has 8 heteroatoms. The lowest BCUT2D eigenvalue weighted by molar-refractivity contribution is 0.179. The Morgan fingerprint density at radius 3 is 2.79 bits per heavy atom. The Bertz CT molecular complexity index is 532. The number of methoxy groups -OCH3 is 1. The van der Waals surface area contributed by atoms with Crippen LogP contribution in [0.4, 0.5) is 0 Å². The van der Waals surface area contributed by atoms with Crippen LogP contribution in [-0.2, 0) is 21.3 Å². The molecule has 19 heavy (non-hydrogen) atoms. The van der Waals surface area contributed by atoms with E-state index >= 15 is 0 Å². The molecule has 0 bridgehead atoms. The molecule has 1 aromatic rings. The van der Waals surface area contributed by atoms with Crippen molar-refractivity contribution in [3.63, 3.8) is 0 Å². The summed E-state index contributed by atoms with van der Waals surface area (Å²) in [4.78, 5) is 0.142. The second-order valence-electron chi connectivity index (χ2n) is 3.84. The van der Waals surface area contributed by atoms with Crippen LogP contribution in [0.2, 0.25) is 0 Å². The zero-order valence-corrected chi connectivity index (χ0v) is 11.9. The quantitative estimate of drug-likeness (QED) is 0.692. The molecule has 1 heterocycles. The first-order valence-corrected chi connectivity index (χ1v) is 7.38. The lowest BCUT2D eigenvalue weighted by Gasteiger charge is -2.19. The van der Waals surface area contributed by atoms with Gasteiger partial charge < -0.3 is 4.74 Å². The van der Waals surface area contributed by atoms with Crippen LogP contribution in [0.1, 0.15) is 13.3 Å². The van der Waals surface area contributed by atoms with Gasteiger partial charge in [0.15, 0.2) is 0 Å². The summed E-state index contributed by atoms with van der Waals surface area (Å²) in [5.41, 5.74) is 0. The predicted molar refractivity (Wildman–Crippen MR) is 68.8 cm³/mol. The molecule has 0 saturated carbocycles. The fourth-order valence-corrected chi connectivity index (χ4v) is 2.90. The Morgan fingerprint density at radius 2 is 2.26 bits per heavy atom. The monoisotopic (exact) mass is 286 g/mol. The zero-order valence-electron chi connectivity index (χ0n) is 11.1. The van der Waals surface area contributed by atoms with E-state index in [1.54, 1.807) is 4.68 Å². The number of rotatable bonds is 8. The van der Waals surface area contributed by atoms with E-state index in [4.69, 9.17) is 10.00 Å². The molecule has 0 aliphatic carbocycles.